The maximum atomic E-state index is 14.6. The third kappa shape index (κ3) is 5.53. The summed E-state index contributed by atoms with van der Waals surface area (Å²) in [5.41, 5.74) is 7.60. The fraction of sp³-hybridized carbons (Fsp3) is 0.368. The Morgan fingerprint density at radius 1 is 1.28 bits per heavy atom. The van der Waals surface area contributed by atoms with E-state index >= 15 is 0 Å². The van der Waals surface area contributed by atoms with Crippen molar-refractivity contribution in [1.29, 1.82) is 0 Å². The summed E-state index contributed by atoms with van der Waals surface area (Å²) in [7, 11) is 0. The average molecular weight is 404 g/mol. The Bertz CT molecular complexity index is 921. The summed E-state index contributed by atoms with van der Waals surface area (Å²) in [6.45, 7) is 7.23. The Kier molecular flexibility index (Phi) is 6.92. The summed E-state index contributed by atoms with van der Waals surface area (Å²) in [6, 6.07) is 1.88. The minimum Gasteiger partial charge on any atom is -0.465 e. The zero-order valence-electron chi connectivity index (χ0n) is 16.7. The van der Waals surface area contributed by atoms with E-state index in [1.807, 2.05) is 26.8 Å². The number of aromatic nitrogens is 2. The van der Waals surface area contributed by atoms with Crippen LogP contribution in [-0.2, 0) is 0 Å². The van der Waals surface area contributed by atoms with Gasteiger partial charge in [0.05, 0.1) is 17.4 Å². The number of anilines is 3. The molecule has 0 saturated heterocycles. The van der Waals surface area contributed by atoms with Gasteiger partial charge >= 0.3 is 6.09 Å². The van der Waals surface area contributed by atoms with E-state index in [1.54, 1.807) is 13.1 Å². The van der Waals surface area contributed by atoms with Crippen molar-refractivity contribution < 1.29 is 19.1 Å². The third-order valence-electron chi connectivity index (χ3n) is 4.56. The molecule has 9 nitrogen and oxygen atoms in total. The van der Waals surface area contributed by atoms with Crippen LogP contribution in [0.1, 0.15) is 41.9 Å². The van der Waals surface area contributed by atoms with Crippen LogP contribution in [0.2, 0.25) is 0 Å². The van der Waals surface area contributed by atoms with Crippen molar-refractivity contribution in [1.82, 2.24) is 15.3 Å². The number of rotatable bonds is 8. The summed E-state index contributed by atoms with van der Waals surface area (Å²) < 4.78 is 14.6. The molecule has 2 rings (SSSR count). The molecule has 0 aliphatic carbocycles. The Morgan fingerprint density at radius 2 is 1.97 bits per heavy atom. The van der Waals surface area contributed by atoms with Gasteiger partial charge in [0.2, 0.25) is 0 Å². The van der Waals surface area contributed by atoms with E-state index in [4.69, 9.17) is 10.8 Å². The minimum atomic E-state index is -1.18. The summed E-state index contributed by atoms with van der Waals surface area (Å²) in [6.07, 6.45) is 0.892. The summed E-state index contributed by atoms with van der Waals surface area (Å²) in [4.78, 5) is 31.1. The highest BCUT2D eigenvalue weighted by molar-refractivity contribution is 5.98. The molecule has 0 aromatic carbocycles. The number of carbonyl (C=O) groups excluding carboxylic acids is 1. The Hall–Kier alpha value is -3.43. The van der Waals surface area contributed by atoms with E-state index in [1.165, 1.54) is 0 Å². The maximum absolute atomic E-state index is 14.6. The molecule has 2 aromatic heterocycles. The standard InChI is InChI=1S/C19H25FN6O3/c1-5-15(11(4)23-19(28)29)25-18-14(20)7-13(16(21)27)17(26-18)24-12-6-9(2)10(3)22-8-12/h6-8,11,15,23H,5H2,1-4H3,(H2,21,27)(H,28,29)(H2,24,25,26)/t11-,15+/m0/s1. The zero-order valence-corrected chi connectivity index (χ0v) is 16.7. The Labute approximate surface area is 167 Å². The van der Waals surface area contributed by atoms with Gasteiger partial charge in [-0.25, -0.2) is 14.2 Å². The fourth-order valence-corrected chi connectivity index (χ4v) is 2.77. The molecule has 0 unspecified atom stereocenters. The van der Waals surface area contributed by atoms with E-state index in [0.29, 0.717) is 12.1 Å². The molecule has 0 aliphatic rings. The molecule has 2 heterocycles. The first kappa shape index (κ1) is 21.9. The van der Waals surface area contributed by atoms with Crippen molar-refractivity contribution in [3.63, 3.8) is 0 Å². The summed E-state index contributed by atoms with van der Waals surface area (Å²) in [5.74, 6) is -1.67. The number of nitrogens with zero attached hydrogens (tertiary/aromatic N) is 2. The van der Waals surface area contributed by atoms with Crippen LogP contribution in [0.15, 0.2) is 18.3 Å². The second kappa shape index (κ2) is 9.18. The third-order valence-corrected chi connectivity index (χ3v) is 4.56. The number of amides is 2. The largest absolute Gasteiger partial charge is 0.465 e. The molecule has 10 heteroatoms. The molecular weight excluding hydrogens is 379 g/mol. The van der Waals surface area contributed by atoms with Gasteiger partial charge in [0.25, 0.3) is 5.91 Å². The number of aryl methyl sites for hydroxylation is 2. The number of carbonyl (C=O) groups is 2. The van der Waals surface area contributed by atoms with Crippen LogP contribution in [-0.4, -0.2) is 39.2 Å². The number of halogens is 1. The van der Waals surface area contributed by atoms with Crippen LogP contribution in [0.4, 0.5) is 26.5 Å². The molecule has 6 N–H and O–H groups in total. The molecule has 0 bridgehead atoms. The zero-order chi connectivity index (χ0) is 21.7. The number of primary amides is 1. The van der Waals surface area contributed by atoms with Gasteiger partial charge in [0.15, 0.2) is 11.6 Å². The Balaban J connectivity index is 2.38. The topological polar surface area (TPSA) is 142 Å². The lowest BCUT2D eigenvalue weighted by molar-refractivity contribution is 0.100. The normalized spacial score (nSPS) is 12.7. The monoisotopic (exact) mass is 404 g/mol. The van der Waals surface area contributed by atoms with E-state index < -0.39 is 29.9 Å². The van der Waals surface area contributed by atoms with Crippen LogP contribution < -0.4 is 21.7 Å². The molecule has 2 atom stereocenters. The Morgan fingerprint density at radius 3 is 2.52 bits per heavy atom. The molecule has 0 aliphatic heterocycles. The molecule has 0 radical (unpaired) electrons. The van der Waals surface area contributed by atoms with Gasteiger partial charge in [-0.3, -0.25) is 9.78 Å². The molecule has 156 valence electrons. The number of nitrogens with one attached hydrogen (secondary N) is 3. The van der Waals surface area contributed by atoms with Crippen molar-refractivity contribution in [2.75, 3.05) is 10.6 Å². The lowest BCUT2D eigenvalue weighted by Crippen LogP contribution is -2.44. The van der Waals surface area contributed by atoms with Crippen molar-refractivity contribution in [3.05, 3.63) is 41.0 Å². The first-order valence-electron chi connectivity index (χ1n) is 9.09. The van der Waals surface area contributed by atoms with E-state index in [0.717, 1.165) is 17.3 Å². The van der Waals surface area contributed by atoms with Gasteiger partial charge in [-0.2, -0.15) is 0 Å². The van der Waals surface area contributed by atoms with E-state index in [-0.39, 0.29) is 17.2 Å². The predicted molar refractivity (Wildman–Crippen MR) is 108 cm³/mol. The van der Waals surface area contributed by atoms with Crippen molar-refractivity contribution in [2.45, 2.75) is 46.2 Å². The summed E-state index contributed by atoms with van der Waals surface area (Å²) in [5, 5.41) is 17.1. The molecule has 0 spiro atoms. The second-order valence-corrected chi connectivity index (χ2v) is 6.73. The van der Waals surface area contributed by atoms with Gasteiger partial charge < -0.3 is 26.8 Å². The van der Waals surface area contributed by atoms with Crippen LogP contribution >= 0.6 is 0 Å². The van der Waals surface area contributed by atoms with Gasteiger partial charge in [-0.1, -0.05) is 6.92 Å². The molecule has 2 amide bonds. The van der Waals surface area contributed by atoms with Gasteiger partial charge in [0.1, 0.15) is 5.82 Å². The predicted octanol–water partition coefficient (Wildman–Crippen LogP) is 2.92. The number of hydrogen-bond donors (Lipinski definition) is 5. The highest BCUT2D eigenvalue weighted by Crippen LogP contribution is 2.25. The first-order chi connectivity index (χ1) is 13.6. The molecule has 29 heavy (non-hydrogen) atoms. The molecule has 0 fully saturated rings. The van der Waals surface area contributed by atoms with Crippen LogP contribution in [0.3, 0.4) is 0 Å². The number of hydrogen-bond acceptors (Lipinski definition) is 6. The number of carboxylic acid groups (broad SMARTS) is 1. The average Bonchev–Trinajstić information content (AvgIpc) is 2.63. The number of pyridine rings is 2. The van der Waals surface area contributed by atoms with Gasteiger partial charge in [0, 0.05) is 17.8 Å². The fourth-order valence-electron chi connectivity index (χ4n) is 2.77. The highest BCUT2D eigenvalue weighted by atomic mass is 19.1. The lowest BCUT2D eigenvalue weighted by Gasteiger charge is -2.25. The van der Waals surface area contributed by atoms with Crippen molar-refractivity contribution in [2.24, 2.45) is 5.73 Å². The van der Waals surface area contributed by atoms with Crippen LogP contribution in [0.25, 0.3) is 0 Å². The van der Waals surface area contributed by atoms with Crippen molar-refractivity contribution in [3.8, 4) is 0 Å². The van der Waals surface area contributed by atoms with Crippen molar-refractivity contribution >= 4 is 29.3 Å². The van der Waals surface area contributed by atoms with Gasteiger partial charge in [-0.05, 0) is 44.9 Å². The van der Waals surface area contributed by atoms with E-state index in [2.05, 4.69) is 25.9 Å². The van der Waals surface area contributed by atoms with Gasteiger partial charge in [-0.15, -0.1) is 0 Å². The SMILES string of the molecule is CC[C@@H](Nc1nc(Nc2cnc(C)c(C)c2)c(C(N)=O)cc1F)[C@H](C)NC(=O)O. The maximum Gasteiger partial charge on any atom is 0.404 e. The van der Waals surface area contributed by atoms with Crippen LogP contribution in [0, 0.1) is 19.7 Å². The lowest BCUT2D eigenvalue weighted by atomic mass is 10.1. The quantitative estimate of drug-likeness (QED) is 0.455. The minimum absolute atomic E-state index is 0.0696. The molecular formula is C19H25FN6O3. The van der Waals surface area contributed by atoms with Crippen LogP contribution in [0.5, 0.6) is 0 Å². The first-order valence-corrected chi connectivity index (χ1v) is 9.09. The number of nitrogens with two attached hydrogens (primary N) is 1. The smallest absolute Gasteiger partial charge is 0.404 e. The summed E-state index contributed by atoms with van der Waals surface area (Å²) >= 11 is 0. The second-order valence-electron chi connectivity index (χ2n) is 6.73. The molecule has 2 aromatic rings. The van der Waals surface area contributed by atoms with E-state index in [9.17, 15) is 14.0 Å². The highest BCUT2D eigenvalue weighted by Gasteiger charge is 2.22. The molecule has 0 saturated carbocycles.